The fourth-order valence-corrected chi connectivity index (χ4v) is 7.43. The Hall–Kier alpha value is -2.47. The molecule has 2 N–H and O–H groups in total. The van der Waals surface area contributed by atoms with Gasteiger partial charge in [0.1, 0.15) is 16.1 Å². The lowest BCUT2D eigenvalue weighted by molar-refractivity contribution is -0.120. The molecule has 0 saturated heterocycles. The van der Waals surface area contributed by atoms with Crippen LogP contribution in [0.5, 0.6) is 5.75 Å². The summed E-state index contributed by atoms with van der Waals surface area (Å²) in [4.78, 5) is 28.1. The van der Waals surface area contributed by atoms with Gasteiger partial charge in [0, 0.05) is 31.1 Å². The first-order valence-electron chi connectivity index (χ1n) is 13.1. The smallest absolute Gasteiger partial charge is 0.258 e. The third kappa shape index (κ3) is 6.22. The normalized spacial score (nSPS) is 21.8. The Kier molecular flexibility index (Phi) is 9.12. The molecule has 1 aromatic carbocycles. The zero-order valence-corrected chi connectivity index (χ0v) is 23.8. The van der Waals surface area contributed by atoms with E-state index in [1.807, 2.05) is 6.92 Å². The molecule has 0 radical (unpaired) electrons. The zero-order chi connectivity index (χ0) is 27.4. The van der Waals surface area contributed by atoms with Crippen molar-refractivity contribution in [2.24, 2.45) is 11.8 Å². The molecule has 2 heterocycles. The minimum absolute atomic E-state index is 0.0327. The summed E-state index contributed by atoms with van der Waals surface area (Å²) in [7, 11) is -2.17. The van der Waals surface area contributed by atoms with Gasteiger partial charge in [0.2, 0.25) is 5.91 Å². The Morgan fingerprint density at radius 1 is 1.26 bits per heavy atom. The van der Waals surface area contributed by atoms with E-state index in [0.29, 0.717) is 11.4 Å². The Morgan fingerprint density at radius 2 is 2.00 bits per heavy atom. The van der Waals surface area contributed by atoms with Crippen molar-refractivity contribution >= 4 is 38.9 Å². The summed E-state index contributed by atoms with van der Waals surface area (Å²) in [5.74, 6) is -0.293. The number of aliphatic hydroxyl groups is 1. The molecular formula is C27H37N3O6S2. The molecule has 11 heteroatoms. The van der Waals surface area contributed by atoms with Gasteiger partial charge in [0.25, 0.3) is 15.9 Å². The molecule has 3 atom stereocenters. The number of anilines is 1. The van der Waals surface area contributed by atoms with Gasteiger partial charge in [-0.15, -0.1) is 11.3 Å². The zero-order valence-electron chi connectivity index (χ0n) is 22.1. The topological polar surface area (TPSA) is 116 Å². The van der Waals surface area contributed by atoms with Gasteiger partial charge >= 0.3 is 0 Å². The molecule has 1 aromatic heterocycles. The van der Waals surface area contributed by atoms with Crippen LogP contribution in [-0.2, 0) is 14.8 Å². The van der Waals surface area contributed by atoms with E-state index in [4.69, 9.17) is 4.74 Å². The maximum Gasteiger partial charge on any atom is 0.258 e. The number of nitrogens with one attached hydrogen (secondary N) is 1. The van der Waals surface area contributed by atoms with Crippen molar-refractivity contribution in [3.8, 4) is 5.75 Å². The number of amides is 2. The summed E-state index contributed by atoms with van der Waals surface area (Å²) in [5, 5.41) is 14.6. The fourth-order valence-electron chi connectivity index (χ4n) is 5.04. The second-order valence-corrected chi connectivity index (χ2v) is 13.6. The number of ether oxygens (including phenoxy) is 1. The van der Waals surface area contributed by atoms with E-state index in [9.17, 15) is 23.1 Å². The molecule has 38 heavy (non-hydrogen) atoms. The number of nitrogens with zero attached hydrogens (tertiary/aromatic N) is 2. The summed E-state index contributed by atoms with van der Waals surface area (Å²) in [6.45, 7) is 3.81. The van der Waals surface area contributed by atoms with Gasteiger partial charge in [0.05, 0.1) is 24.8 Å². The first-order valence-corrected chi connectivity index (χ1v) is 15.5. The molecule has 1 saturated carbocycles. The van der Waals surface area contributed by atoms with E-state index in [-0.39, 0.29) is 53.1 Å². The highest BCUT2D eigenvalue weighted by Crippen LogP contribution is 2.32. The van der Waals surface area contributed by atoms with Crippen LogP contribution in [0.4, 0.5) is 5.69 Å². The van der Waals surface area contributed by atoms with Crippen molar-refractivity contribution in [2.75, 3.05) is 32.1 Å². The van der Waals surface area contributed by atoms with Crippen LogP contribution in [0.1, 0.15) is 56.3 Å². The van der Waals surface area contributed by atoms with E-state index >= 15 is 0 Å². The van der Waals surface area contributed by atoms with E-state index in [2.05, 4.69) is 5.32 Å². The van der Waals surface area contributed by atoms with E-state index in [0.717, 1.165) is 43.4 Å². The molecule has 2 aliphatic rings. The number of hydrogen-bond acceptors (Lipinski definition) is 7. The van der Waals surface area contributed by atoms with Crippen molar-refractivity contribution in [2.45, 2.75) is 62.3 Å². The van der Waals surface area contributed by atoms with Crippen LogP contribution in [0, 0.1) is 11.8 Å². The number of rotatable bonds is 8. The molecular weight excluding hydrogens is 526 g/mol. The molecule has 0 unspecified atom stereocenters. The standard InChI is InChI=1S/C27H37N3O6S2/c1-18-15-30(19(2)17-31)27(33)22-14-21(28-26(32)20-8-5-4-6-9-20)11-12-23(22)36-24(18)16-29(3)38(34,35)25-10-7-13-37-25/h7,10-14,18-20,24,31H,4-6,8-9,15-17H2,1-3H3,(H,28,32)/t18-,19+,24-/m1/s1. The van der Waals surface area contributed by atoms with Crippen molar-refractivity contribution in [1.29, 1.82) is 0 Å². The van der Waals surface area contributed by atoms with Crippen LogP contribution in [-0.4, -0.2) is 73.4 Å². The summed E-state index contributed by atoms with van der Waals surface area (Å²) in [6.07, 6.45) is 4.40. The van der Waals surface area contributed by atoms with Gasteiger partial charge in [0.15, 0.2) is 0 Å². The van der Waals surface area contributed by atoms with Crippen molar-refractivity contribution in [1.82, 2.24) is 9.21 Å². The van der Waals surface area contributed by atoms with Crippen LogP contribution < -0.4 is 10.1 Å². The number of benzene rings is 1. The van der Waals surface area contributed by atoms with E-state index in [1.54, 1.807) is 47.5 Å². The predicted molar refractivity (Wildman–Crippen MR) is 147 cm³/mol. The summed E-state index contributed by atoms with van der Waals surface area (Å²) < 4.78 is 34.0. The van der Waals surface area contributed by atoms with Crippen molar-refractivity contribution in [3.05, 3.63) is 41.3 Å². The maximum atomic E-state index is 13.6. The van der Waals surface area contributed by atoms with Crippen LogP contribution in [0.2, 0.25) is 0 Å². The molecule has 208 valence electrons. The molecule has 1 fully saturated rings. The lowest BCUT2D eigenvalue weighted by Gasteiger charge is -2.38. The van der Waals surface area contributed by atoms with Crippen LogP contribution in [0.25, 0.3) is 0 Å². The number of carbonyl (C=O) groups excluding carboxylic acids is 2. The Balaban J connectivity index is 1.62. The van der Waals surface area contributed by atoms with Crippen LogP contribution >= 0.6 is 11.3 Å². The highest BCUT2D eigenvalue weighted by molar-refractivity contribution is 7.91. The minimum atomic E-state index is -3.69. The minimum Gasteiger partial charge on any atom is -0.488 e. The van der Waals surface area contributed by atoms with Gasteiger partial charge in [-0.3, -0.25) is 9.59 Å². The highest BCUT2D eigenvalue weighted by Gasteiger charge is 2.35. The molecule has 2 amide bonds. The quantitative estimate of drug-likeness (QED) is 0.505. The first-order chi connectivity index (χ1) is 18.1. The second-order valence-electron chi connectivity index (χ2n) is 10.4. The van der Waals surface area contributed by atoms with Crippen molar-refractivity contribution in [3.63, 3.8) is 0 Å². The molecule has 0 bridgehead atoms. The molecule has 4 rings (SSSR count). The molecule has 2 aromatic rings. The number of hydrogen-bond donors (Lipinski definition) is 2. The van der Waals surface area contributed by atoms with Gasteiger partial charge < -0.3 is 20.1 Å². The average molecular weight is 564 g/mol. The Morgan fingerprint density at radius 3 is 2.66 bits per heavy atom. The first kappa shape index (κ1) is 28.5. The fraction of sp³-hybridized carbons (Fsp3) is 0.556. The number of aliphatic hydroxyl groups excluding tert-OH is 1. The number of carbonyl (C=O) groups is 2. The van der Waals surface area contributed by atoms with Crippen LogP contribution in [0.3, 0.4) is 0 Å². The third-order valence-corrected chi connectivity index (χ3v) is 10.7. The summed E-state index contributed by atoms with van der Waals surface area (Å²) in [5.41, 5.74) is 0.780. The number of sulfonamides is 1. The Bertz CT molecular complexity index is 1230. The van der Waals surface area contributed by atoms with Gasteiger partial charge in [-0.05, 0) is 49.4 Å². The highest BCUT2D eigenvalue weighted by atomic mass is 32.2. The largest absolute Gasteiger partial charge is 0.488 e. The number of likely N-dealkylation sites (N-methyl/N-ethyl adjacent to an activating group) is 1. The lowest BCUT2D eigenvalue weighted by atomic mass is 9.88. The van der Waals surface area contributed by atoms with E-state index in [1.165, 1.54) is 11.4 Å². The molecule has 9 nitrogen and oxygen atoms in total. The number of fused-ring (bicyclic) bond motifs is 1. The molecule has 1 aliphatic carbocycles. The Labute approximate surface area is 228 Å². The molecule has 1 aliphatic heterocycles. The van der Waals surface area contributed by atoms with Gasteiger partial charge in [-0.25, -0.2) is 8.42 Å². The third-order valence-electron chi connectivity index (χ3n) is 7.50. The summed E-state index contributed by atoms with van der Waals surface area (Å²) in [6, 6.07) is 7.80. The van der Waals surface area contributed by atoms with Crippen molar-refractivity contribution < 1.29 is 27.9 Å². The number of thiophene rings is 1. The summed E-state index contributed by atoms with van der Waals surface area (Å²) >= 11 is 1.16. The van der Waals surface area contributed by atoms with Gasteiger partial charge in [-0.2, -0.15) is 4.31 Å². The SMILES string of the molecule is C[C@@H]1CN([C@@H](C)CO)C(=O)c2cc(NC(=O)C3CCCCC3)ccc2O[C@@H]1CN(C)S(=O)(=O)c1cccs1. The van der Waals surface area contributed by atoms with Crippen LogP contribution in [0.15, 0.2) is 39.9 Å². The molecule has 0 spiro atoms. The van der Waals surface area contributed by atoms with Gasteiger partial charge in [-0.1, -0.05) is 32.3 Å². The second kappa shape index (κ2) is 12.1. The average Bonchev–Trinajstić information content (AvgIpc) is 3.47. The predicted octanol–water partition coefficient (Wildman–Crippen LogP) is 3.81. The monoisotopic (exact) mass is 563 g/mol. The van der Waals surface area contributed by atoms with E-state index < -0.39 is 22.2 Å². The lowest BCUT2D eigenvalue weighted by Crippen LogP contribution is -2.50. The maximum absolute atomic E-state index is 13.6.